The molecule has 4 rings (SSSR count). The van der Waals surface area contributed by atoms with Crippen LogP contribution in [0, 0.1) is 66.7 Å². The second kappa shape index (κ2) is 14.3. The van der Waals surface area contributed by atoms with Crippen LogP contribution >= 0.6 is 0 Å². The molecule has 14 nitrogen and oxygen atoms in total. The van der Waals surface area contributed by atoms with Crippen LogP contribution in [0.3, 0.4) is 0 Å². The number of methoxy groups -OCH3 is 1. The number of hydrogen-bond acceptors (Lipinski definition) is 13. The first-order valence-corrected chi connectivity index (χ1v) is 16.0. The molecule has 3 aromatic carbocycles. The number of phenols is 2. The second-order valence-corrected chi connectivity index (χ2v) is 12.7. The van der Waals surface area contributed by atoms with E-state index in [2.05, 4.69) is 0 Å². The van der Waals surface area contributed by atoms with Crippen molar-refractivity contribution in [2.24, 2.45) is 0 Å². The number of carbonyl (C=O) groups is 5. The van der Waals surface area contributed by atoms with Crippen molar-refractivity contribution in [2.45, 2.75) is 67.9 Å². The molecular weight excluding hydrogens is 690 g/mol. The predicted molar refractivity (Wildman–Crippen MR) is 187 cm³/mol. The van der Waals surface area contributed by atoms with E-state index in [4.69, 9.17) is 18.9 Å². The van der Waals surface area contributed by atoms with Crippen LogP contribution in [-0.4, -0.2) is 62.8 Å². The van der Waals surface area contributed by atoms with Gasteiger partial charge in [0.2, 0.25) is 5.60 Å². The summed E-state index contributed by atoms with van der Waals surface area (Å²) in [4.78, 5) is 64.2. The maximum Gasteiger partial charge on any atom is 0.356 e. The molecule has 0 fully saturated rings. The van der Waals surface area contributed by atoms with Crippen molar-refractivity contribution in [1.29, 1.82) is 5.26 Å². The first kappa shape index (κ1) is 39.3. The number of ketones is 1. The molecule has 0 unspecified atom stereocenters. The van der Waals surface area contributed by atoms with Gasteiger partial charge in [0.25, 0.3) is 0 Å². The summed E-state index contributed by atoms with van der Waals surface area (Å²) in [5.74, 6) is -7.41. The van der Waals surface area contributed by atoms with Gasteiger partial charge in [-0.25, -0.2) is 19.2 Å². The highest BCUT2D eigenvalue weighted by atomic mass is 16.6. The highest BCUT2D eigenvalue weighted by Crippen LogP contribution is 2.42. The highest BCUT2D eigenvalue weighted by molar-refractivity contribution is 6.06. The molecule has 276 valence electrons. The van der Waals surface area contributed by atoms with Crippen LogP contribution in [0.5, 0.6) is 28.7 Å². The third-order valence-corrected chi connectivity index (χ3v) is 9.57. The molecular formula is C39H37NO13. The number of nitriles is 1. The number of allylic oxidation sites excluding steroid dienone is 2. The van der Waals surface area contributed by atoms with Crippen LogP contribution in [0.25, 0.3) is 0 Å². The fourth-order valence-electron chi connectivity index (χ4n) is 6.17. The Morgan fingerprint density at radius 1 is 0.698 bits per heavy atom. The zero-order chi connectivity index (χ0) is 40.0. The molecule has 0 aliphatic heterocycles. The Kier molecular flexibility index (Phi) is 10.6. The van der Waals surface area contributed by atoms with Gasteiger partial charge in [-0.05, 0) is 113 Å². The van der Waals surface area contributed by atoms with Gasteiger partial charge >= 0.3 is 23.9 Å². The van der Waals surface area contributed by atoms with Crippen LogP contribution in [0.1, 0.15) is 88.1 Å². The van der Waals surface area contributed by atoms with E-state index in [1.165, 1.54) is 40.7 Å². The molecule has 14 heteroatoms. The molecule has 53 heavy (non-hydrogen) atoms. The van der Waals surface area contributed by atoms with Crippen LogP contribution in [-0.2, 0) is 14.3 Å². The van der Waals surface area contributed by atoms with E-state index in [1.807, 2.05) is 6.07 Å². The summed E-state index contributed by atoms with van der Waals surface area (Å²) in [5.41, 5.74) is -2.30. The normalized spacial score (nSPS) is 15.2. The highest BCUT2D eigenvalue weighted by Gasteiger charge is 2.48. The summed E-state index contributed by atoms with van der Waals surface area (Å²) < 4.78 is 21.8. The van der Waals surface area contributed by atoms with Crippen molar-refractivity contribution >= 4 is 29.7 Å². The molecule has 0 bridgehead atoms. The minimum atomic E-state index is -2.54. The molecule has 1 aliphatic rings. The van der Waals surface area contributed by atoms with Crippen LogP contribution in [0.2, 0.25) is 0 Å². The van der Waals surface area contributed by atoms with E-state index in [0.29, 0.717) is 22.3 Å². The van der Waals surface area contributed by atoms with Crippen molar-refractivity contribution in [2.75, 3.05) is 7.11 Å². The topological polar surface area (TPSA) is 227 Å². The number of benzene rings is 3. The molecule has 1 aliphatic carbocycles. The van der Waals surface area contributed by atoms with Crippen molar-refractivity contribution < 1.29 is 63.3 Å². The quantitative estimate of drug-likeness (QED) is 0.171. The van der Waals surface area contributed by atoms with Crippen molar-refractivity contribution in [3.05, 3.63) is 96.3 Å². The van der Waals surface area contributed by atoms with Crippen molar-refractivity contribution in [1.82, 2.24) is 0 Å². The number of aryl methyl sites for hydroxylation is 1. The summed E-state index contributed by atoms with van der Waals surface area (Å²) in [6, 6.07) is 3.13. The molecule has 0 saturated heterocycles. The number of aromatic carboxylic acids is 1. The maximum absolute atomic E-state index is 13.6. The minimum absolute atomic E-state index is 0.0533. The molecule has 0 radical (unpaired) electrons. The Bertz CT molecular complexity index is 2260. The van der Waals surface area contributed by atoms with Crippen molar-refractivity contribution in [3.63, 3.8) is 0 Å². The number of carbonyl (C=O) groups excluding carboxylic acids is 4. The number of nitrogens with zero attached hydrogens (tertiary/aromatic N) is 1. The molecule has 1 atom stereocenters. The van der Waals surface area contributed by atoms with Gasteiger partial charge in [-0.15, -0.1) is 0 Å². The molecule has 0 spiro atoms. The molecule has 4 N–H and O–H groups in total. The maximum atomic E-state index is 13.6. The van der Waals surface area contributed by atoms with Crippen LogP contribution in [0.15, 0.2) is 29.6 Å². The number of esters is 3. The first-order valence-electron chi connectivity index (χ1n) is 16.0. The monoisotopic (exact) mass is 727 g/mol. The fraction of sp³-hybridized carbons (Fsp3) is 0.282. The summed E-state index contributed by atoms with van der Waals surface area (Å²) in [7, 11) is 1.13. The number of aromatic hydroxyl groups is 2. The molecule has 0 amide bonds. The lowest BCUT2D eigenvalue weighted by Crippen LogP contribution is -2.47. The Morgan fingerprint density at radius 3 is 1.77 bits per heavy atom. The Balaban J connectivity index is 1.69. The first-order chi connectivity index (χ1) is 24.6. The van der Waals surface area contributed by atoms with Gasteiger partial charge in [0.15, 0.2) is 11.5 Å². The van der Waals surface area contributed by atoms with Gasteiger partial charge in [-0.3, -0.25) is 4.79 Å². The summed E-state index contributed by atoms with van der Waals surface area (Å²) in [6.07, 6.45) is 1.90. The Labute approximate surface area is 304 Å². The summed E-state index contributed by atoms with van der Waals surface area (Å²) >= 11 is 0. The Morgan fingerprint density at radius 2 is 1.25 bits per heavy atom. The zero-order valence-corrected chi connectivity index (χ0v) is 30.6. The lowest BCUT2D eigenvalue weighted by Gasteiger charge is -2.30. The predicted octanol–water partition coefficient (Wildman–Crippen LogP) is 5.27. The zero-order valence-electron chi connectivity index (χ0n) is 30.6. The average Bonchev–Trinajstić information content (AvgIpc) is 3.08. The number of hydrogen-bond donors (Lipinski definition) is 4. The van der Waals surface area contributed by atoms with Gasteiger partial charge in [0.05, 0.1) is 18.2 Å². The van der Waals surface area contributed by atoms with E-state index in [9.17, 15) is 49.7 Å². The second-order valence-electron chi connectivity index (χ2n) is 12.7. The van der Waals surface area contributed by atoms with E-state index in [0.717, 1.165) is 19.3 Å². The molecule has 3 aromatic rings. The SMILES string of the molecule is COC1=CC(=O)C=C(C)[C@]1(O)C(=O)Oc1c(C)c(O)c(C(=O)Oc2cc(C)c(C(=O)Oc3c(C)c(C)c(C(=O)O)c(C)c3C)c(O)c2C)c(C)c1C#N. The van der Waals surface area contributed by atoms with Crippen LogP contribution < -0.4 is 14.2 Å². The van der Waals surface area contributed by atoms with Gasteiger partial charge in [0, 0.05) is 17.2 Å². The van der Waals surface area contributed by atoms with E-state index in [-0.39, 0.29) is 56.0 Å². The Hall–Kier alpha value is -6.46. The van der Waals surface area contributed by atoms with Crippen molar-refractivity contribution in [3.8, 4) is 34.8 Å². The largest absolute Gasteiger partial charge is 0.507 e. The van der Waals surface area contributed by atoms with Gasteiger partial charge in [-0.2, -0.15) is 5.26 Å². The molecule has 0 aromatic heterocycles. The van der Waals surface area contributed by atoms with Gasteiger partial charge in [-0.1, -0.05) is 0 Å². The fourth-order valence-corrected chi connectivity index (χ4v) is 6.17. The third-order valence-electron chi connectivity index (χ3n) is 9.57. The minimum Gasteiger partial charge on any atom is -0.507 e. The average molecular weight is 728 g/mol. The number of rotatable bonds is 8. The van der Waals surface area contributed by atoms with E-state index < -0.39 is 63.8 Å². The number of ether oxygens (including phenoxy) is 4. The third kappa shape index (κ3) is 6.47. The number of phenolic OH excluding ortho intramolecular Hbond substituents is 2. The molecule has 0 heterocycles. The standard InChI is InChI=1S/C39H37NO13/c1-15-11-26(22(8)31(42)28(15)36(46)52-33-19(5)17(3)29(35(44)45)18(4)20(33)6)51-37(47)30-21(7)25(14-40)34(23(9)32(30)43)53-38(48)39(49)16(2)12-24(41)13-27(39)50-10/h11-13,42-43,49H,1-10H3,(H,44,45)/t39-/m1/s1. The number of aliphatic hydroxyl groups is 1. The van der Waals surface area contributed by atoms with Gasteiger partial charge < -0.3 is 39.4 Å². The molecule has 0 saturated carbocycles. The summed E-state index contributed by atoms with van der Waals surface area (Å²) in [5, 5.41) is 53.3. The van der Waals surface area contributed by atoms with Gasteiger partial charge in [0.1, 0.15) is 46.0 Å². The van der Waals surface area contributed by atoms with E-state index in [1.54, 1.807) is 27.7 Å². The number of carboxylic acids is 1. The lowest BCUT2D eigenvalue weighted by molar-refractivity contribution is -0.151. The van der Waals surface area contributed by atoms with Crippen LogP contribution in [0.4, 0.5) is 0 Å². The smallest absolute Gasteiger partial charge is 0.356 e. The van der Waals surface area contributed by atoms with E-state index >= 15 is 0 Å². The summed E-state index contributed by atoms with van der Waals surface area (Å²) in [6.45, 7) is 13.1. The number of carboxylic acid groups (broad SMARTS) is 1. The lowest BCUT2D eigenvalue weighted by atomic mass is 9.87.